The number of hydrogen-bond donors (Lipinski definition) is 0. The summed E-state index contributed by atoms with van der Waals surface area (Å²) in [6, 6.07) is 12.7. The van der Waals surface area contributed by atoms with Gasteiger partial charge in [0, 0.05) is 26.1 Å². The van der Waals surface area contributed by atoms with Crippen LogP contribution >= 0.6 is 0 Å². The second-order valence-corrected chi connectivity index (χ2v) is 12.3. The molecule has 0 N–H and O–H groups in total. The highest BCUT2D eigenvalue weighted by Crippen LogP contribution is 2.42. The SMILES string of the molecule is CN(C)C(=O)CC(C#N)[Si](C)(C)C(C)(C)c1ccccc1. The summed E-state index contributed by atoms with van der Waals surface area (Å²) < 4.78 is 0. The Morgan fingerprint density at radius 1 is 1.29 bits per heavy atom. The molecule has 1 unspecified atom stereocenters. The zero-order valence-electron chi connectivity index (χ0n) is 14.0. The molecule has 0 bridgehead atoms. The molecular formula is C17H26N2OSi. The quantitative estimate of drug-likeness (QED) is 0.780. The van der Waals surface area contributed by atoms with Crippen molar-refractivity contribution in [3.8, 4) is 6.07 Å². The summed E-state index contributed by atoms with van der Waals surface area (Å²) in [5.41, 5.74) is 1.06. The zero-order valence-corrected chi connectivity index (χ0v) is 15.0. The van der Waals surface area contributed by atoms with E-state index in [1.54, 1.807) is 19.0 Å². The maximum atomic E-state index is 12.0. The van der Waals surface area contributed by atoms with E-state index in [0.29, 0.717) is 6.42 Å². The summed E-state index contributed by atoms with van der Waals surface area (Å²) in [5.74, 6) is 0.0333. The summed E-state index contributed by atoms with van der Waals surface area (Å²) in [6.45, 7) is 8.85. The van der Waals surface area contributed by atoms with Gasteiger partial charge in [-0.25, -0.2) is 0 Å². The molecule has 3 nitrogen and oxygen atoms in total. The lowest BCUT2D eigenvalue weighted by Crippen LogP contribution is -2.51. The number of nitrogens with zero attached hydrogens (tertiary/aromatic N) is 2. The first-order valence-electron chi connectivity index (χ1n) is 7.30. The second kappa shape index (κ2) is 6.44. The molecule has 0 saturated carbocycles. The molecule has 4 heteroatoms. The van der Waals surface area contributed by atoms with Gasteiger partial charge in [-0.05, 0) is 10.6 Å². The summed E-state index contributed by atoms with van der Waals surface area (Å²) in [4.78, 5) is 13.6. The average Bonchev–Trinajstić information content (AvgIpc) is 2.44. The van der Waals surface area contributed by atoms with E-state index in [4.69, 9.17) is 0 Å². The van der Waals surface area contributed by atoms with E-state index in [1.807, 2.05) is 18.2 Å². The van der Waals surface area contributed by atoms with Crippen molar-refractivity contribution in [2.24, 2.45) is 0 Å². The summed E-state index contributed by atoms with van der Waals surface area (Å²) in [6.07, 6.45) is 0.318. The van der Waals surface area contributed by atoms with Crippen LogP contribution in [0, 0.1) is 11.3 Å². The van der Waals surface area contributed by atoms with Gasteiger partial charge in [0.1, 0.15) is 0 Å². The third-order valence-electron chi connectivity index (χ3n) is 5.01. The Kier molecular flexibility index (Phi) is 5.35. The van der Waals surface area contributed by atoms with Crippen LogP contribution in [0.15, 0.2) is 30.3 Å². The van der Waals surface area contributed by atoms with Gasteiger partial charge in [-0.2, -0.15) is 5.26 Å². The first kappa shape index (κ1) is 17.4. The molecule has 0 aliphatic heterocycles. The topological polar surface area (TPSA) is 44.1 Å². The Hall–Kier alpha value is -1.60. The van der Waals surface area contributed by atoms with Gasteiger partial charge in [0.2, 0.25) is 5.91 Å². The Morgan fingerprint density at radius 3 is 2.24 bits per heavy atom. The fourth-order valence-electron chi connectivity index (χ4n) is 2.48. The van der Waals surface area contributed by atoms with Crippen LogP contribution in [0.3, 0.4) is 0 Å². The van der Waals surface area contributed by atoms with Gasteiger partial charge in [0.25, 0.3) is 0 Å². The summed E-state index contributed by atoms with van der Waals surface area (Å²) in [7, 11) is 1.47. The predicted molar refractivity (Wildman–Crippen MR) is 89.6 cm³/mol. The molecule has 0 aliphatic carbocycles. The fourth-order valence-corrected chi connectivity index (χ4v) is 5.27. The molecule has 0 spiro atoms. The highest BCUT2D eigenvalue weighted by molar-refractivity contribution is 6.82. The van der Waals surface area contributed by atoms with Gasteiger partial charge >= 0.3 is 0 Å². The van der Waals surface area contributed by atoms with Crippen molar-refractivity contribution in [3.63, 3.8) is 0 Å². The molecule has 21 heavy (non-hydrogen) atoms. The van der Waals surface area contributed by atoms with E-state index >= 15 is 0 Å². The van der Waals surface area contributed by atoms with Crippen LogP contribution in [0.5, 0.6) is 0 Å². The fraction of sp³-hybridized carbons (Fsp3) is 0.529. The van der Waals surface area contributed by atoms with E-state index in [9.17, 15) is 10.1 Å². The van der Waals surface area contributed by atoms with Crippen molar-refractivity contribution in [2.45, 2.75) is 43.9 Å². The molecule has 0 aromatic heterocycles. The molecule has 1 aromatic carbocycles. The third-order valence-corrected chi connectivity index (χ3v) is 10.6. The van der Waals surface area contributed by atoms with Gasteiger partial charge in [-0.15, -0.1) is 0 Å². The highest BCUT2D eigenvalue weighted by atomic mass is 28.3. The van der Waals surface area contributed by atoms with E-state index in [2.05, 4.69) is 45.1 Å². The van der Waals surface area contributed by atoms with Gasteiger partial charge < -0.3 is 4.90 Å². The zero-order chi connectivity index (χ0) is 16.3. The molecule has 0 saturated heterocycles. The Bertz CT molecular complexity index is 529. The molecule has 1 atom stereocenters. The second-order valence-electron chi connectivity index (χ2n) is 6.89. The van der Waals surface area contributed by atoms with Crippen LogP contribution in [0.4, 0.5) is 0 Å². The number of rotatable bonds is 5. The van der Waals surface area contributed by atoms with Crippen LogP contribution in [-0.2, 0) is 9.83 Å². The van der Waals surface area contributed by atoms with Crippen LogP contribution in [0.25, 0.3) is 0 Å². The molecule has 0 heterocycles. The van der Waals surface area contributed by atoms with Crippen molar-refractivity contribution in [1.29, 1.82) is 5.26 Å². The van der Waals surface area contributed by atoms with Crippen LogP contribution in [0.1, 0.15) is 25.8 Å². The summed E-state index contributed by atoms with van der Waals surface area (Å²) >= 11 is 0. The van der Waals surface area contributed by atoms with Crippen molar-refractivity contribution in [2.75, 3.05) is 14.1 Å². The Balaban J connectivity index is 3.12. The van der Waals surface area contributed by atoms with Gasteiger partial charge in [0.05, 0.1) is 14.1 Å². The van der Waals surface area contributed by atoms with Crippen LogP contribution in [-0.4, -0.2) is 33.0 Å². The van der Waals surface area contributed by atoms with E-state index in [1.165, 1.54) is 5.56 Å². The number of amides is 1. The van der Waals surface area contributed by atoms with E-state index in [0.717, 1.165) is 0 Å². The number of benzene rings is 1. The Morgan fingerprint density at radius 2 is 1.81 bits per heavy atom. The Labute approximate surface area is 129 Å². The standard InChI is InChI=1S/C17H26N2OSi/c1-17(2,14-10-8-7-9-11-14)21(5,6)15(13-18)12-16(20)19(3)4/h7-11,15H,12H2,1-6H3. The highest BCUT2D eigenvalue weighted by Gasteiger charge is 2.46. The molecule has 0 radical (unpaired) electrons. The minimum Gasteiger partial charge on any atom is -0.349 e. The predicted octanol–water partition coefficient (Wildman–Crippen LogP) is 3.58. The smallest absolute Gasteiger partial charge is 0.223 e. The molecule has 1 rings (SSSR count). The molecule has 0 aliphatic rings. The molecule has 114 valence electrons. The van der Waals surface area contributed by atoms with Crippen molar-refractivity contribution >= 4 is 14.0 Å². The van der Waals surface area contributed by atoms with Crippen molar-refractivity contribution in [3.05, 3.63) is 35.9 Å². The van der Waals surface area contributed by atoms with Crippen molar-refractivity contribution in [1.82, 2.24) is 4.90 Å². The normalized spacial score (nSPS) is 13.4. The van der Waals surface area contributed by atoms with Gasteiger partial charge in [-0.1, -0.05) is 57.3 Å². The number of carbonyl (C=O) groups is 1. The summed E-state index contributed by atoms with van der Waals surface area (Å²) in [5, 5.41) is 9.55. The van der Waals surface area contributed by atoms with E-state index in [-0.39, 0.29) is 16.5 Å². The average molecular weight is 302 g/mol. The minimum atomic E-state index is -2.02. The maximum Gasteiger partial charge on any atom is 0.223 e. The van der Waals surface area contributed by atoms with Gasteiger partial charge in [-0.3, -0.25) is 4.79 Å². The number of nitriles is 1. The monoisotopic (exact) mass is 302 g/mol. The van der Waals surface area contributed by atoms with Crippen LogP contribution < -0.4 is 0 Å². The maximum absolute atomic E-state index is 12.0. The van der Waals surface area contributed by atoms with Gasteiger partial charge in [0.15, 0.2) is 0 Å². The molecule has 0 fully saturated rings. The number of hydrogen-bond acceptors (Lipinski definition) is 2. The van der Waals surface area contributed by atoms with E-state index < -0.39 is 8.07 Å². The third kappa shape index (κ3) is 3.54. The first-order valence-corrected chi connectivity index (χ1v) is 10.4. The van der Waals surface area contributed by atoms with Crippen molar-refractivity contribution < 1.29 is 4.79 Å². The minimum absolute atomic E-state index is 0.0333. The molecule has 1 amide bonds. The lowest BCUT2D eigenvalue weighted by Gasteiger charge is -2.43. The number of carbonyl (C=O) groups excluding carboxylic acids is 1. The molecule has 1 aromatic rings. The van der Waals surface area contributed by atoms with Crippen LogP contribution in [0.2, 0.25) is 18.6 Å². The first-order chi connectivity index (χ1) is 9.64. The lowest BCUT2D eigenvalue weighted by molar-refractivity contribution is -0.128. The molecular weight excluding hydrogens is 276 g/mol. The largest absolute Gasteiger partial charge is 0.349 e. The lowest BCUT2D eigenvalue weighted by atomic mass is 10.0.